The van der Waals surface area contributed by atoms with Crippen molar-refractivity contribution in [1.29, 1.82) is 0 Å². The quantitative estimate of drug-likeness (QED) is 0.151. The first kappa shape index (κ1) is 28.6. The van der Waals surface area contributed by atoms with Crippen molar-refractivity contribution in [2.45, 2.75) is 70.8 Å². The van der Waals surface area contributed by atoms with E-state index >= 15 is 0 Å². The molecule has 0 unspecified atom stereocenters. The first-order valence-electron chi connectivity index (χ1n) is 13.8. The Morgan fingerprint density at radius 3 is 2.56 bits per heavy atom. The number of nitrogens with zero attached hydrogens (tertiary/aromatic N) is 3. The fraction of sp³-hybridized carbons (Fsp3) is 0.419. The first-order chi connectivity index (χ1) is 18.5. The number of aryl methyl sites for hydroxylation is 2. The molecule has 208 valence electrons. The van der Waals surface area contributed by atoms with E-state index in [-0.39, 0.29) is 16.8 Å². The van der Waals surface area contributed by atoms with E-state index in [0.717, 1.165) is 37.1 Å². The molecule has 2 aromatic heterocycles. The van der Waals surface area contributed by atoms with Gasteiger partial charge in [-0.2, -0.15) is 0 Å². The molecule has 2 N–H and O–H groups in total. The molecule has 1 atom stereocenters. The van der Waals surface area contributed by atoms with Gasteiger partial charge in [0.1, 0.15) is 11.4 Å². The van der Waals surface area contributed by atoms with Crippen LogP contribution in [0.3, 0.4) is 0 Å². The van der Waals surface area contributed by atoms with Crippen LogP contribution in [0.15, 0.2) is 73.3 Å². The van der Waals surface area contributed by atoms with Gasteiger partial charge in [0.05, 0.1) is 31.1 Å². The molecule has 7 nitrogen and oxygen atoms in total. The second-order valence-corrected chi connectivity index (χ2v) is 16.6. The number of rotatable bonds is 13. The van der Waals surface area contributed by atoms with Crippen molar-refractivity contribution in [3.05, 3.63) is 84.6 Å². The average molecular weight is 547 g/mol. The molecule has 0 bridgehead atoms. The monoisotopic (exact) mass is 546 g/mol. The highest BCUT2D eigenvalue weighted by Gasteiger charge is 2.37. The zero-order valence-corrected chi connectivity index (χ0v) is 24.9. The van der Waals surface area contributed by atoms with Crippen LogP contribution in [0, 0.1) is 0 Å². The van der Waals surface area contributed by atoms with Crippen LogP contribution in [-0.2, 0) is 17.4 Å². The summed E-state index contributed by atoms with van der Waals surface area (Å²) in [5.74, 6) is 0.361. The van der Waals surface area contributed by atoms with Crippen molar-refractivity contribution < 1.29 is 14.0 Å². The molecule has 2 aromatic carbocycles. The number of amides is 1. The fourth-order valence-electron chi connectivity index (χ4n) is 4.35. The molecule has 0 fully saturated rings. The fourth-order valence-corrected chi connectivity index (χ4v) is 5.39. The number of aromatic nitrogens is 3. The normalized spacial score (nSPS) is 13.1. The van der Waals surface area contributed by atoms with Crippen LogP contribution in [0.2, 0.25) is 18.1 Å². The lowest BCUT2D eigenvalue weighted by Crippen LogP contribution is -2.42. The van der Waals surface area contributed by atoms with E-state index in [1.165, 1.54) is 10.9 Å². The molecule has 2 heterocycles. The molecule has 8 heteroatoms. The number of carbonyl (C=O) groups excluding carboxylic acids is 1. The van der Waals surface area contributed by atoms with Crippen molar-refractivity contribution in [2.24, 2.45) is 5.73 Å². The summed E-state index contributed by atoms with van der Waals surface area (Å²) in [6.45, 7) is 13.3. The predicted octanol–water partition coefficient (Wildman–Crippen LogP) is 6.60. The number of imidazole rings is 1. The maximum absolute atomic E-state index is 11.7. The zero-order valence-electron chi connectivity index (χ0n) is 23.9. The lowest BCUT2D eigenvalue weighted by molar-refractivity contribution is 0.0995. The standard InChI is InChI=1S/C31H42N4O3Si/c1-31(2,3)39(4,5)38-22-26(35-21-28(30(32)36)33-23-35)16-18-34-17-15-25-13-14-27(20-29(25)34)37-19-9-12-24-10-7-6-8-11-24/h6-8,10-11,13-15,17,20-21,23,26H,9,12,16,18-19,22H2,1-5H3,(H2,32,36)/t26-/m1/s1. The van der Waals surface area contributed by atoms with Crippen molar-refractivity contribution in [1.82, 2.24) is 14.1 Å². The Morgan fingerprint density at radius 1 is 1.10 bits per heavy atom. The maximum atomic E-state index is 11.7. The topological polar surface area (TPSA) is 84.3 Å². The van der Waals surface area contributed by atoms with Crippen molar-refractivity contribution in [2.75, 3.05) is 13.2 Å². The highest BCUT2D eigenvalue weighted by molar-refractivity contribution is 6.74. The van der Waals surface area contributed by atoms with Crippen molar-refractivity contribution >= 4 is 25.1 Å². The number of fused-ring (bicyclic) bond motifs is 1. The highest BCUT2D eigenvalue weighted by atomic mass is 28.4. The second kappa shape index (κ2) is 12.2. The minimum absolute atomic E-state index is 0.0228. The van der Waals surface area contributed by atoms with Gasteiger partial charge in [0.15, 0.2) is 8.32 Å². The van der Waals surface area contributed by atoms with E-state index < -0.39 is 14.2 Å². The van der Waals surface area contributed by atoms with Crippen molar-refractivity contribution in [3.8, 4) is 5.75 Å². The third kappa shape index (κ3) is 7.39. The summed E-state index contributed by atoms with van der Waals surface area (Å²) in [6, 6.07) is 18.9. The van der Waals surface area contributed by atoms with E-state index in [9.17, 15) is 4.79 Å². The summed E-state index contributed by atoms with van der Waals surface area (Å²) < 4.78 is 16.9. The lowest BCUT2D eigenvalue weighted by Gasteiger charge is -2.37. The van der Waals surface area contributed by atoms with Gasteiger partial charge in [0.2, 0.25) is 0 Å². The van der Waals surface area contributed by atoms with Gasteiger partial charge in [-0.3, -0.25) is 4.79 Å². The van der Waals surface area contributed by atoms with Crippen LogP contribution in [0.4, 0.5) is 0 Å². The maximum Gasteiger partial charge on any atom is 0.268 e. The van der Waals surface area contributed by atoms with Gasteiger partial charge in [0.25, 0.3) is 5.91 Å². The molecular formula is C31H42N4O3Si. The van der Waals surface area contributed by atoms with Crippen LogP contribution in [0.25, 0.3) is 10.9 Å². The molecule has 0 radical (unpaired) electrons. The Balaban J connectivity index is 1.43. The summed E-state index contributed by atoms with van der Waals surface area (Å²) >= 11 is 0. The molecule has 0 spiro atoms. The van der Waals surface area contributed by atoms with Crippen LogP contribution >= 0.6 is 0 Å². The van der Waals surface area contributed by atoms with E-state index in [4.69, 9.17) is 14.9 Å². The van der Waals surface area contributed by atoms with E-state index in [2.05, 4.69) is 92.1 Å². The van der Waals surface area contributed by atoms with Crippen LogP contribution in [0.1, 0.15) is 55.7 Å². The molecule has 39 heavy (non-hydrogen) atoms. The lowest BCUT2D eigenvalue weighted by atomic mass is 10.1. The SMILES string of the molecule is CC(C)(C)[Si](C)(C)OC[C@@H](CCn1ccc2ccc(OCCCc3ccccc3)cc21)n1cnc(C(N)=O)c1. The Labute approximate surface area is 233 Å². The third-order valence-electron chi connectivity index (χ3n) is 7.89. The minimum atomic E-state index is -1.95. The average Bonchev–Trinajstić information content (AvgIpc) is 3.54. The molecule has 0 saturated carbocycles. The van der Waals surface area contributed by atoms with Gasteiger partial charge < -0.3 is 24.0 Å². The molecule has 1 amide bonds. The molecule has 0 aliphatic carbocycles. The van der Waals surface area contributed by atoms with Crippen molar-refractivity contribution in [3.63, 3.8) is 0 Å². The second-order valence-electron chi connectivity index (χ2n) is 11.8. The van der Waals surface area contributed by atoms with Gasteiger partial charge >= 0.3 is 0 Å². The molecule has 4 rings (SSSR count). The minimum Gasteiger partial charge on any atom is -0.494 e. The Kier molecular flexibility index (Phi) is 8.97. The van der Waals surface area contributed by atoms with E-state index in [1.807, 2.05) is 16.7 Å². The number of primary amides is 1. The number of ether oxygens (including phenoxy) is 1. The predicted molar refractivity (Wildman–Crippen MR) is 160 cm³/mol. The smallest absolute Gasteiger partial charge is 0.268 e. The number of nitrogens with two attached hydrogens (primary N) is 1. The summed E-state index contributed by atoms with van der Waals surface area (Å²) in [7, 11) is -1.95. The van der Waals surface area contributed by atoms with Gasteiger partial charge in [-0.25, -0.2) is 4.98 Å². The van der Waals surface area contributed by atoms with Crippen LogP contribution in [-0.4, -0.2) is 41.6 Å². The number of hydrogen-bond acceptors (Lipinski definition) is 4. The largest absolute Gasteiger partial charge is 0.494 e. The van der Waals surface area contributed by atoms with Gasteiger partial charge in [-0.15, -0.1) is 0 Å². The number of benzene rings is 2. The van der Waals surface area contributed by atoms with E-state index in [1.54, 1.807) is 12.5 Å². The summed E-state index contributed by atoms with van der Waals surface area (Å²) in [5, 5.41) is 1.29. The van der Waals surface area contributed by atoms with E-state index in [0.29, 0.717) is 13.2 Å². The van der Waals surface area contributed by atoms with Gasteiger partial charge in [0, 0.05) is 25.0 Å². The number of carbonyl (C=O) groups is 1. The molecular weight excluding hydrogens is 504 g/mol. The Hall–Kier alpha value is -3.36. The summed E-state index contributed by atoms with van der Waals surface area (Å²) in [5.41, 5.74) is 8.22. The molecule has 0 aliphatic heterocycles. The molecule has 4 aromatic rings. The summed E-state index contributed by atoms with van der Waals surface area (Å²) in [6.07, 6.45) is 8.33. The van der Waals surface area contributed by atoms with Crippen LogP contribution < -0.4 is 10.5 Å². The highest BCUT2D eigenvalue weighted by Crippen LogP contribution is 2.37. The molecule has 0 saturated heterocycles. The van der Waals surface area contributed by atoms with Gasteiger partial charge in [-0.05, 0) is 66.5 Å². The molecule has 0 aliphatic rings. The third-order valence-corrected chi connectivity index (χ3v) is 12.4. The van der Waals surface area contributed by atoms with Crippen LogP contribution in [0.5, 0.6) is 5.75 Å². The Bertz CT molecular complexity index is 1370. The summed E-state index contributed by atoms with van der Waals surface area (Å²) in [4.78, 5) is 15.9. The number of hydrogen-bond donors (Lipinski definition) is 1. The Morgan fingerprint density at radius 2 is 1.87 bits per heavy atom. The zero-order chi connectivity index (χ0) is 28.0. The first-order valence-corrected chi connectivity index (χ1v) is 16.7. The van der Waals surface area contributed by atoms with Gasteiger partial charge in [-0.1, -0.05) is 51.1 Å².